The van der Waals surface area contributed by atoms with E-state index in [0.29, 0.717) is 10.6 Å². The summed E-state index contributed by atoms with van der Waals surface area (Å²) in [6.45, 7) is 6.66. The number of amides is 2. The standard InChI is InChI=1S/C35H36Cl2FN3O4S/c1-24-10-15-28(16-11-24)41(46(44,45)29-17-13-27(38)14-18-29)23-33(42)40(22-26-12-19-30(36)31(37)20-26)32(34(43)39-35(2,3)4)21-25-8-6-5-7-9-25/h5-20,32H,21-23H2,1-4H3,(H,39,43)/t32-/m0/s1. The van der Waals surface area contributed by atoms with Crippen molar-refractivity contribution in [2.45, 2.75) is 57.1 Å². The smallest absolute Gasteiger partial charge is 0.264 e. The van der Waals surface area contributed by atoms with Crippen molar-refractivity contribution in [3.63, 3.8) is 0 Å². The van der Waals surface area contributed by atoms with E-state index in [9.17, 15) is 22.4 Å². The molecule has 0 bridgehead atoms. The van der Waals surface area contributed by atoms with Crippen molar-refractivity contribution in [3.05, 3.63) is 130 Å². The van der Waals surface area contributed by atoms with E-state index in [2.05, 4.69) is 5.32 Å². The number of carbonyl (C=O) groups is 2. The van der Waals surface area contributed by atoms with E-state index in [1.807, 2.05) is 58.0 Å². The molecule has 1 N–H and O–H groups in total. The quantitative estimate of drug-likeness (QED) is 0.181. The van der Waals surface area contributed by atoms with Crippen LogP contribution in [0.3, 0.4) is 0 Å². The molecule has 7 nitrogen and oxygen atoms in total. The SMILES string of the molecule is Cc1ccc(N(CC(=O)N(Cc2ccc(Cl)c(Cl)c2)[C@@H](Cc2ccccc2)C(=O)NC(C)(C)C)S(=O)(=O)c2ccc(F)cc2)cc1. The first-order valence-electron chi connectivity index (χ1n) is 14.6. The maximum atomic E-state index is 14.5. The number of nitrogens with zero attached hydrogens (tertiary/aromatic N) is 2. The molecule has 4 rings (SSSR count). The van der Waals surface area contributed by atoms with E-state index in [1.54, 1.807) is 42.5 Å². The zero-order valence-corrected chi connectivity index (χ0v) is 28.3. The zero-order valence-electron chi connectivity index (χ0n) is 26.0. The second-order valence-electron chi connectivity index (χ2n) is 12.0. The molecule has 1 atom stereocenters. The summed E-state index contributed by atoms with van der Waals surface area (Å²) in [5, 5.41) is 3.58. The summed E-state index contributed by atoms with van der Waals surface area (Å²) in [6.07, 6.45) is 0.158. The molecule has 0 unspecified atom stereocenters. The molecule has 4 aromatic carbocycles. The Labute approximate surface area is 280 Å². The summed E-state index contributed by atoms with van der Waals surface area (Å²) in [4.78, 5) is 29.6. The summed E-state index contributed by atoms with van der Waals surface area (Å²) in [5.74, 6) is -1.64. The van der Waals surface area contributed by atoms with Crippen molar-refractivity contribution >= 4 is 50.7 Å². The number of carbonyl (C=O) groups excluding carboxylic acids is 2. The van der Waals surface area contributed by atoms with Gasteiger partial charge in [0.2, 0.25) is 11.8 Å². The number of hydrogen-bond donors (Lipinski definition) is 1. The first kappa shape index (κ1) is 34.9. The van der Waals surface area contributed by atoms with E-state index in [0.717, 1.165) is 39.7 Å². The number of benzene rings is 4. The highest BCUT2D eigenvalue weighted by Crippen LogP contribution is 2.27. The number of rotatable bonds is 11. The number of nitrogens with one attached hydrogen (secondary N) is 1. The van der Waals surface area contributed by atoms with E-state index in [1.165, 1.54) is 4.90 Å². The van der Waals surface area contributed by atoms with Crippen LogP contribution in [0.1, 0.15) is 37.5 Å². The van der Waals surface area contributed by atoms with Crippen LogP contribution < -0.4 is 9.62 Å². The number of aryl methyl sites for hydroxylation is 1. The van der Waals surface area contributed by atoms with Crippen LogP contribution in [0.25, 0.3) is 0 Å². The summed E-state index contributed by atoms with van der Waals surface area (Å²) in [5.41, 5.74) is 1.89. The Morgan fingerprint density at radius 2 is 1.48 bits per heavy atom. The molecule has 0 spiro atoms. The molecule has 0 aliphatic heterocycles. The Morgan fingerprint density at radius 1 is 0.848 bits per heavy atom. The Balaban J connectivity index is 1.83. The summed E-state index contributed by atoms with van der Waals surface area (Å²) in [6, 6.07) is 24.2. The van der Waals surface area contributed by atoms with Gasteiger partial charge in [-0.2, -0.15) is 0 Å². The topological polar surface area (TPSA) is 86.8 Å². The lowest BCUT2D eigenvalue weighted by Crippen LogP contribution is -2.56. The fourth-order valence-corrected chi connectivity index (χ4v) is 6.55. The van der Waals surface area contributed by atoms with Crippen LogP contribution in [0.5, 0.6) is 0 Å². The number of hydrogen-bond acceptors (Lipinski definition) is 4. The van der Waals surface area contributed by atoms with Crippen LogP contribution in [0, 0.1) is 12.7 Å². The Kier molecular flexibility index (Phi) is 11.1. The lowest BCUT2D eigenvalue weighted by molar-refractivity contribution is -0.140. The first-order chi connectivity index (χ1) is 21.6. The molecule has 242 valence electrons. The van der Waals surface area contributed by atoms with Gasteiger partial charge < -0.3 is 10.2 Å². The van der Waals surface area contributed by atoms with E-state index in [4.69, 9.17) is 23.2 Å². The molecule has 0 heterocycles. The van der Waals surface area contributed by atoms with E-state index < -0.39 is 45.8 Å². The van der Waals surface area contributed by atoms with Gasteiger partial charge in [-0.25, -0.2) is 12.8 Å². The van der Waals surface area contributed by atoms with Crippen molar-refractivity contribution in [2.75, 3.05) is 10.8 Å². The van der Waals surface area contributed by atoms with Gasteiger partial charge >= 0.3 is 0 Å². The van der Waals surface area contributed by atoms with Crippen molar-refractivity contribution in [1.29, 1.82) is 0 Å². The van der Waals surface area contributed by atoms with Crippen molar-refractivity contribution in [1.82, 2.24) is 10.2 Å². The summed E-state index contributed by atoms with van der Waals surface area (Å²) < 4.78 is 42.8. The fourth-order valence-electron chi connectivity index (χ4n) is 4.82. The monoisotopic (exact) mass is 683 g/mol. The maximum absolute atomic E-state index is 14.5. The molecule has 0 aliphatic rings. The maximum Gasteiger partial charge on any atom is 0.264 e. The molecular formula is C35H36Cl2FN3O4S. The molecular weight excluding hydrogens is 648 g/mol. The molecule has 46 heavy (non-hydrogen) atoms. The molecule has 11 heteroatoms. The Morgan fingerprint density at radius 3 is 2.07 bits per heavy atom. The van der Waals surface area contributed by atoms with Crippen LogP contribution >= 0.6 is 23.2 Å². The fraction of sp³-hybridized carbons (Fsp3) is 0.257. The van der Waals surface area contributed by atoms with Gasteiger partial charge in [-0.1, -0.05) is 77.3 Å². The predicted molar refractivity (Wildman–Crippen MR) is 181 cm³/mol. The van der Waals surface area contributed by atoms with Gasteiger partial charge in [0.25, 0.3) is 10.0 Å². The molecule has 0 saturated heterocycles. The predicted octanol–water partition coefficient (Wildman–Crippen LogP) is 7.19. The first-order valence-corrected chi connectivity index (χ1v) is 16.8. The average molecular weight is 685 g/mol. The lowest BCUT2D eigenvalue weighted by Gasteiger charge is -2.35. The summed E-state index contributed by atoms with van der Waals surface area (Å²) >= 11 is 12.5. The van der Waals surface area contributed by atoms with E-state index >= 15 is 0 Å². The van der Waals surface area contributed by atoms with Gasteiger partial charge in [0.05, 0.1) is 20.6 Å². The third-order valence-corrected chi connectivity index (χ3v) is 9.64. The second-order valence-corrected chi connectivity index (χ2v) is 14.7. The van der Waals surface area contributed by atoms with Crippen molar-refractivity contribution in [3.8, 4) is 0 Å². The third kappa shape index (κ3) is 9.09. The van der Waals surface area contributed by atoms with Crippen LogP contribution in [0.4, 0.5) is 10.1 Å². The van der Waals surface area contributed by atoms with Crippen molar-refractivity contribution < 1.29 is 22.4 Å². The van der Waals surface area contributed by atoms with Crippen LogP contribution in [-0.4, -0.2) is 43.3 Å². The molecule has 0 aliphatic carbocycles. The summed E-state index contributed by atoms with van der Waals surface area (Å²) in [7, 11) is -4.35. The minimum atomic E-state index is -4.35. The largest absolute Gasteiger partial charge is 0.350 e. The molecule has 0 radical (unpaired) electrons. The average Bonchev–Trinajstić information content (AvgIpc) is 2.99. The van der Waals surface area contributed by atoms with Gasteiger partial charge in [-0.05, 0) is 87.4 Å². The second kappa shape index (κ2) is 14.7. The van der Waals surface area contributed by atoms with Gasteiger partial charge in [0.1, 0.15) is 18.4 Å². The van der Waals surface area contributed by atoms with Crippen LogP contribution in [0.15, 0.2) is 102 Å². The zero-order chi connectivity index (χ0) is 33.6. The van der Waals surface area contributed by atoms with Crippen LogP contribution in [-0.2, 0) is 32.6 Å². The van der Waals surface area contributed by atoms with Gasteiger partial charge in [0.15, 0.2) is 0 Å². The number of halogens is 3. The van der Waals surface area contributed by atoms with Gasteiger partial charge in [-0.3, -0.25) is 13.9 Å². The normalized spacial score (nSPS) is 12.3. The minimum absolute atomic E-state index is 0.0664. The number of sulfonamides is 1. The van der Waals surface area contributed by atoms with Crippen molar-refractivity contribution in [2.24, 2.45) is 0 Å². The lowest BCUT2D eigenvalue weighted by atomic mass is 10.0. The molecule has 0 fully saturated rings. The highest BCUT2D eigenvalue weighted by atomic mass is 35.5. The Hall–Kier alpha value is -3.92. The number of anilines is 1. The van der Waals surface area contributed by atoms with Crippen LogP contribution in [0.2, 0.25) is 10.0 Å². The van der Waals surface area contributed by atoms with Gasteiger partial charge in [0, 0.05) is 18.5 Å². The molecule has 4 aromatic rings. The highest BCUT2D eigenvalue weighted by Gasteiger charge is 2.35. The molecule has 0 aromatic heterocycles. The molecule has 2 amide bonds. The minimum Gasteiger partial charge on any atom is -0.350 e. The highest BCUT2D eigenvalue weighted by molar-refractivity contribution is 7.92. The van der Waals surface area contributed by atoms with E-state index in [-0.39, 0.29) is 28.6 Å². The van der Waals surface area contributed by atoms with Gasteiger partial charge in [-0.15, -0.1) is 0 Å². The molecule has 0 saturated carbocycles. The Bertz CT molecular complexity index is 1780. The third-order valence-electron chi connectivity index (χ3n) is 7.11.